The summed E-state index contributed by atoms with van der Waals surface area (Å²) in [5.41, 5.74) is 7.26. The van der Waals surface area contributed by atoms with Crippen molar-refractivity contribution in [2.75, 3.05) is 26.2 Å². The van der Waals surface area contributed by atoms with E-state index in [2.05, 4.69) is 4.90 Å². The van der Waals surface area contributed by atoms with Crippen LogP contribution < -0.4 is 16.1 Å². The highest BCUT2D eigenvalue weighted by molar-refractivity contribution is 5.82. The second kappa shape index (κ2) is 10.4. The summed E-state index contributed by atoms with van der Waals surface area (Å²) in [6.07, 6.45) is 0.979. The number of carbonyl (C=O) groups is 1. The summed E-state index contributed by atoms with van der Waals surface area (Å²) in [6.45, 7) is 3.80. The zero-order valence-electron chi connectivity index (χ0n) is 19.1. The average Bonchev–Trinajstić information content (AvgIpc) is 2.80. The molecule has 0 aliphatic carbocycles. The predicted octanol–water partition coefficient (Wildman–Crippen LogP) is 2.77. The maximum atomic E-state index is 13.5. The van der Waals surface area contributed by atoms with E-state index in [0.717, 1.165) is 10.9 Å². The lowest BCUT2D eigenvalue weighted by atomic mass is 9.96. The van der Waals surface area contributed by atoms with Gasteiger partial charge in [-0.15, -0.1) is 0 Å². The maximum Gasteiger partial charge on any atom is 0.340 e. The Kier molecular flexibility index (Phi) is 7.29. The van der Waals surface area contributed by atoms with Gasteiger partial charge in [0.1, 0.15) is 29.9 Å². The van der Waals surface area contributed by atoms with Crippen LogP contribution in [0.1, 0.15) is 29.5 Å². The molecule has 7 nitrogen and oxygen atoms in total. The number of nitrogens with two attached hydrogens (primary N) is 1. The van der Waals surface area contributed by atoms with E-state index in [-0.39, 0.29) is 30.7 Å². The van der Waals surface area contributed by atoms with E-state index < -0.39 is 11.7 Å². The molecule has 34 heavy (non-hydrogen) atoms. The van der Waals surface area contributed by atoms with Crippen molar-refractivity contribution in [1.29, 1.82) is 0 Å². The van der Waals surface area contributed by atoms with Crippen LogP contribution in [-0.2, 0) is 11.2 Å². The molecule has 0 bridgehead atoms. The molecule has 1 aliphatic heterocycles. The van der Waals surface area contributed by atoms with Crippen molar-refractivity contribution < 1.29 is 23.4 Å². The van der Waals surface area contributed by atoms with Gasteiger partial charge in [-0.25, -0.2) is 9.18 Å². The summed E-state index contributed by atoms with van der Waals surface area (Å²) in [6, 6.07) is 11.4. The molecule has 1 atom stereocenters. The van der Waals surface area contributed by atoms with Gasteiger partial charge >= 0.3 is 5.63 Å². The number of hydrogen-bond donors (Lipinski definition) is 2. The first-order valence-electron chi connectivity index (χ1n) is 11.4. The normalized spacial score (nSPS) is 16.0. The fraction of sp³-hybridized carbons (Fsp3) is 0.385. The minimum atomic E-state index is -0.705. The quantitative estimate of drug-likeness (QED) is 0.493. The first-order chi connectivity index (χ1) is 16.3. The first-order valence-corrected chi connectivity index (χ1v) is 11.4. The summed E-state index contributed by atoms with van der Waals surface area (Å²) in [5.74, 6) is -0.212. The zero-order chi connectivity index (χ0) is 24.2. The van der Waals surface area contributed by atoms with Crippen molar-refractivity contribution in [3.63, 3.8) is 0 Å². The highest BCUT2D eigenvalue weighted by Gasteiger charge is 2.24. The third kappa shape index (κ3) is 5.63. The molecule has 2 heterocycles. The number of aliphatic hydroxyl groups excluding tert-OH is 1. The number of ether oxygens (including phenoxy) is 1. The number of hydrogen-bond acceptors (Lipinski definition) is 6. The molecule has 1 aliphatic rings. The zero-order valence-corrected chi connectivity index (χ0v) is 19.1. The Morgan fingerprint density at radius 3 is 2.74 bits per heavy atom. The number of nitrogens with zero attached hydrogens (tertiary/aromatic N) is 1. The highest BCUT2D eigenvalue weighted by Crippen LogP contribution is 2.25. The standard InChI is InChI=1S/C26H29FN2O5/c1-16-22-6-5-21(33-15-20(30)14-29-9-7-18(8-10-29)25(28)31)13-24(22)34-26(32)23(16)12-17-3-2-4-19(27)11-17/h2-6,11,13,18,20,30H,7-10,12,14-15H2,1H3,(H2,28,31). The van der Waals surface area contributed by atoms with Gasteiger partial charge in [-0.3, -0.25) is 4.79 Å². The molecule has 1 amide bonds. The summed E-state index contributed by atoms with van der Waals surface area (Å²) in [5, 5.41) is 11.2. The lowest BCUT2D eigenvalue weighted by molar-refractivity contribution is -0.123. The number of piperidine rings is 1. The smallest absolute Gasteiger partial charge is 0.340 e. The molecule has 4 rings (SSSR count). The van der Waals surface area contributed by atoms with Crippen LogP contribution in [0.3, 0.4) is 0 Å². The van der Waals surface area contributed by atoms with E-state index in [1.54, 1.807) is 24.3 Å². The Bertz CT molecular complexity index is 1230. The Hall–Kier alpha value is -3.23. The lowest BCUT2D eigenvalue weighted by Gasteiger charge is -2.31. The Balaban J connectivity index is 1.39. The Labute approximate surface area is 196 Å². The van der Waals surface area contributed by atoms with Crippen LogP contribution in [0.15, 0.2) is 51.7 Å². The summed E-state index contributed by atoms with van der Waals surface area (Å²) >= 11 is 0. The maximum absolute atomic E-state index is 13.5. The van der Waals surface area contributed by atoms with Gasteiger partial charge in [0.15, 0.2) is 0 Å². The van der Waals surface area contributed by atoms with Gasteiger partial charge in [0.25, 0.3) is 0 Å². The number of likely N-dealkylation sites (tertiary alicyclic amines) is 1. The van der Waals surface area contributed by atoms with E-state index in [9.17, 15) is 19.1 Å². The molecule has 3 aromatic rings. The minimum Gasteiger partial charge on any atom is -0.491 e. The number of halogens is 1. The molecular weight excluding hydrogens is 439 g/mol. The monoisotopic (exact) mass is 468 g/mol. The number of benzene rings is 2. The van der Waals surface area contributed by atoms with Crippen molar-refractivity contribution in [1.82, 2.24) is 4.90 Å². The second-order valence-electron chi connectivity index (χ2n) is 8.90. The van der Waals surface area contributed by atoms with Crippen molar-refractivity contribution >= 4 is 16.9 Å². The number of fused-ring (bicyclic) bond motifs is 1. The molecule has 3 N–H and O–H groups in total. The van der Waals surface area contributed by atoms with Crippen LogP contribution in [0.25, 0.3) is 11.0 Å². The Morgan fingerprint density at radius 1 is 1.26 bits per heavy atom. The largest absolute Gasteiger partial charge is 0.491 e. The van der Waals surface area contributed by atoms with Crippen LogP contribution in [-0.4, -0.2) is 48.3 Å². The van der Waals surface area contributed by atoms with Crippen molar-refractivity contribution in [3.05, 3.63) is 75.4 Å². The van der Waals surface area contributed by atoms with Crippen LogP contribution in [0, 0.1) is 18.7 Å². The number of carbonyl (C=O) groups excluding carboxylic acids is 1. The number of aliphatic hydroxyl groups is 1. The molecule has 1 saturated heterocycles. The fourth-order valence-corrected chi connectivity index (χ4v) is 4.46. The lowest BCUT2D eigenvalue weighted by Crippen LogP contribution is -2.43. The van der Waals surface area contributed by atoms with Crippen molar-refractivity contribution in [3.8, 4) is 5.75 Å². The van der Waals surface area contributed by atoms with Crippen molar-refractivity contribution in [2.24, 2.45) is 11.7 Å². The van der Waals surface area contributed by atoms with Gasteiger partial charge in [-0.1, -0.05) is 12.1 Å². The highest BCUT2D eigenvalue weighted by atomic mass is 19.1. The van der Waals surface area contributed by atoms with Crippen LogP contribution in [0.5, 0.6) is 5.75 Å². The third-order valence-corrected chi connectivity index (χ3v) is 6.43. The molecule has 0 saturated carbocycles. The molecule has 1 unspecified atom stereocenters. The van der Waals surface area contributed by atoms with E-state index >= 15 is 0 Å². The second-order valence-corrected chi connectivity index (χ2v) is 8.90. The van der Waals surface area contributed by atoms with Crippen LogP contribution in [0.2, 0.25) is 0 Å². The predicted molar refractivity (Wildman–Crippen MR) is 126 cm³/mol. The van der Waals surface area contributed by atoms with Gasteiger partial charge in [0.05, 0.1) is 0 Å². The number of rotatable bonds is 8. The number of β-amino-alcohol motifs (C(OH)–C–C–N with tert-alkyl or cyclic N) is 1. The van der Waals surface area contributed by atoms with Crippen molar-refractivity contribution in [2.45, 2.75) is 32.3 Å². The molecule has 1 fully saturated rings. The molecule has 2 aromatic carbocycles. The van der Waals surface area contributed by atoms with E-state index in [1.165, 1.54) is 12.1 Å². The van der Waals surface area contributed by atoms with E-state index in [1.807, 2.05) is 13.0 Å². The molecular formula is C26H29FN2O5. The first kappa shape index (κ1) is 23.9. The number of aryl methyl sites for hydroxylation is 1. The third-order valence-electron chi connectivity index (χ3n) is 6.43. The van der Waals surface area contributed by atoms with Gasteiger partial charge in [-0.05, 0) is 68.2 Å². The number of amides is 1. The van der Waals surface area contributed by atoms with Gasteiger partial charge in [-0.2, -0.15) is 0 Å². The summed E-state index contributed by atoms with van der Waals surface area (Å²) < 4.78 is 24.8. The van der Waals surface area contributed by atoms with Gasteiger partial charge in [0, 0.05) is 35.9 Å². The van der Waals surface area contributed by atoms with E-state index in [4.69, 9.17) is 14.9 Å². The average molecular weight is 469 g/mol. The van der Waals surface area contributed by atoms with Crippen LogP contribution in [0.4, 0.5) is 4.39 Å². The molecule has 0 radical (unpaired) electrons. The topological polar surface area (TPSA) is 106 Å². The molecule has 1 aromatic heterocycles. The molecule has 180 valence electrons. The van der Waals surface area contributed by atoms with Gasteiger partial charge in [0.2, 0.25) is 5.91 Å². The SMILES string of the molecule is Cc1c(Cc2cccc(F)c2)c(=O)oc2cc(OCC(O)CN3CCC(C(N)=O)CC3)ccc12. The summed E-state index contributed by atoms with van der Waals surface area (Å²) in [7, 11) is 0. The molecule has 8 heteroatoms. The fourth-order valence-electron chi connectivity index (χ4n) is 4.46. The van der Waals surface area contributed by atoms with Crippen LogP contribution >= 0.6 is 0 Å². The number of primary amides is 1. The Morgan fingerprint density at radius 2 is 2.03 bits per heavy atom. The van der Waals surface area contributed by atoms with E-state index in [0.29, 0.717) is 54.9 Å². The molecule has 0 spiro atoms. The van der Waals surface area contributed by atoms with Gasteiger partial charge < -0.3 is 24.9 Å². The minimum absolute atomic E-state index is 0.0854. The summed E-state index contributed by atoms with van der Waals surface area (Å²) in [4.78, 5) is 26.0.